The molecule has 0 saturated carbocycles. The van der Waals surface area contributed by atoms with Crippen molar-refractivity contribution in [1.29, 1.82) is 0 Å². The zero-order valence-electron chi connectivity index (χ0n) is 11.9. The lowest BCUT2D eigenvalue weighted by Crippen LogP contribution is -2.48. The molecule has 1 saturated heterocycles. The number of halogens is 1. The third kappa shape index (κ3) is 3.63. The van der Waals surface area contributed by atoms with Crippen LogP contribution in [0.25, 0.3) is 0 Å². The molecule has 0 spiro atoms. The van der Waals surface area contributed by atoms with Gasteiger partial charge < -0.3 is 15.4 Å². The smallest absolute Gasteiger partial charge is 0.332 e. The lowest BCUT2D eigenvalue weighted by atomic mass is 10.0. The van der Waals surface area contributed by atoms with Crippen molar-refractivity contribution < 1.29 is 14.3 Å². The van der Waals surface area contributed by atoms with E-state index in [9.17, 15) is 9.59 Å². The molecule has 6 heteroatoms. The van der Waals surface area contributed by atoms with Crippen molar-refractivity contribution in [2.75, 3.05) is 13.2 Å². The topological polar surface area (TPSA) is 72.6 Å². The molecule has 0 aromatic heterocycles. The summed E-state index contributed by atoms with van der Waals surface area (Å²) in [7, 11) is 0. The van der Waals surface area contributed by atoms with Crippen LogP contribution < -0.4 is 5.73 Å². The average Bonchev–Trinajstić information content (AvgIpc) is 2.95. The van der Waals surface area contributed by atoms with Crippen LogP contribution in [0, 0.1) is 0 Å². The second kappa shape index (κ2) is 7.04. The van der Waals surface area contributed by atoms with Crippen LogP contribution in [0.4, 0.5) is 0 Å². The lowest BCUT2D eigenvalue weighted by molar-refractivity contribution is -0.151. The standard InChI is InChI=1S/C15H19BrN2O3/c1-2-21-15(20)13(17)14(19)18-8-4-7-12(18)10-5-3-6-11(16)9-10/h3,5-6,9,12-13H,2,4,7-8,17H2,1H3. The number of hydrogen-bond donors (Lipinski definition) is 1. The molecule has 1 fully saturated rings. The molecule has 2 unspecified atom stereocenters. The van der Waals surface area contributed by atoms with Crippen molar-refractivity contribution in [1.82, 2.24) is 4.90 Å². The molecule has 21 heavy (non-hydrogen) atoms. The molecule has 1 aromatic carbocycles. The Balaban J connectivity index is 2.15. The molecular formula is C15H19BrN2O3. The number of carbonyl (C=O) groups is 2. The van der Waals surface area contributed by atoms with E-state index in [1.165, 1.54) is 0 Å². The van der Waals surface area contributed by atoms with E-state index in [0.29, 0.717) is 6.54 Å². The molecule has 1 heterocycles. The normalized spacial score (nSPS) is 19.4. The van der Waals surface area contributed by atoms with Crippen LogP contribution >= 0.6 is 15.9 Å². The maximum Gasteiger partial charge on any atom is 0.332 e. The van der Waals surface area contributed by atoms with E-state index >= 15 is 0 Å². The summed E-state index contributed by atoms with van der Waals surface area (Å²) in [6.45, 7) is 2.52. The number of nitrogens with two attached hydrogens (primary N) is 1. The predicted molar refractivity (Wildman–Crippen MR) is 82.4 cm³/mol. The fourth-order valence-corrected chi connectivity index (χ4v) is 3.02. The first kappa shape index (κ1) is 16.0. The Morgan fingerprint density at radius 3 is 2.95 bits per heavy atom. The summed E-state index contributed by atoms with van der Waals surface area (Å²) in [5, 5.41) is 0. The van der Waals surface area contributed by atoms with Gasteiger partial charge in [0.05, 0.1) is 12.6 Å². The number of ether oxygens (including phenoxy) is 1. The van der Waals surface area contributed by atoms with Crippen molar-refractivity contribution in [2.24, 2.45) is 5.73 Å². The van der Waals surface area contributed by atoms with Gasteiger partial charge in [-0.15, -0.1) is 0 Å². The van der Waals surface area contributed by atoms with Gasteiger partial charge in [-0.2, -0.15) is 0 Å². The minimum Gasteiger partial charge on any atom is -0.464 e. The summed E-state index contributed by atoms with van der Waals surface area (Å²) in [5.74, 6) is -1.03. The summed E-state index contributed by atoms with van der Waals surface area (Å²) in [6.07, 6.45) is 1.77. The Labute approximate surface area is 132 Å². The molecule has 1 aliphatic heterocycles. The van der Waals surface area contributed by atoms with E-state index in [1.54, 1.807) is 11.8 Å². The van der Waals surface area contributed by atoms with Gasteiger partial charge >= 0.3 is 5.97 Å². The summed E-state index contributed by atoms with van der Waals surface area (Å²) in [4.78, 5) is 25.7. The van der Waals surface area contributed by atoms with Crippen LogP contribution in [0.5, 0.6) is 0 Å². The summed E-state index contributed by atoms with van der Waals surface area (Å²) >= 11 is 3.44. The SMILES string of the molecule is CCOC(=O)C(N)C(=O)N1CCCC1c1cccc(Br)c1. The Kier molecular flexibility index (Phi) is 5.36. The van der Waals surface area contributed by atoms with Gasteiger partial charge in [-0.25, -0.2) is 4.79 Å². The number of likely N-dealkylation sites (tertiary alicyclic amines) is 1. The van der Waals surface area contributed by atoms with Crippen LogP contribution in [0.15, 0.2) is 28.7 Å². The first-order valence-corrected chi connectivity index (χ1v) is 7.82. The predicted octanol–water partition coefficient (Wildman–Crippen LogP) is 2.00. The van der Waals surface area contributed by atoms with Crippen LogP contribution in [0.1, 0.15) is 31.4 Å². The Morgan fingerprint density at radius 2 is 2.29 bits per heavy atom. The minimum atomic E-state index is -1.24. The van der Waals surface area contributed by atoms with Gasteiger partial charge in [-0.3, -0.25) is 4.79 Å². The number of esters is 1. The van der Waals surface area contributed by atoms with E-state index in [2.05, 4.69) is 15.9 Å². The summed E-state index contributed by atoms with van der Waals surface area (Å²) in [6, 6.07) is 6.58. The fraction of sp³-hybridized carbons (Fsp3) is 0.467. The van der Waals surface area contributed by atoms with E-state index < -0.39 is 12.0 Å². The third-order valence-corrected chi connectivity index (χ3v) is 4.07. The van der Waals surface area contributed by atoms with Crippen molar-refractivity contribution in [3.8, 4) is 0 Å². The van der Waals surface area contributed by atoms with Crippen LogP contribution in [0.2, 0.25) is 0 Å². The maximum atomic E-state index is 12.4. The molecule has 2 N–H and O–H groups in total. The van der Waals surface area contributed by atoms with Gasteiger partial charge in [0.15, 0.2) is 6.04 Å². The van der Waals surface area contributed by atoms with Gasteiger partial charge in [-0.05, 0) is 37.5 Å². The number of amides is 1. The quantitative estimate of drug-likeness (QED) is 0.662. The van der Waals surface area contributed by atoms with Crippen molar-refractivity contribution in [3.63, 3.8) is 0 Å². The molecule has 2 rings (SSSR count). The van der Waals surface area contributed by atoms with Gasteiger partial charge in [0.2, 0.25) is 0 Å². The zero-order chi connectivity index (χ0) is 15.4. The third-order valence-electron chi connectivity index (χ3n) is 3.58. The lowest BCUT2D eigenvalue weighted by Gasteiger charge is -2.27. The maximum absolute atomic E-state index is 12.4. The second-order valence-corrected chi connectivity index (χ2v) is 5.89. The Morgan fingerprint density at radius 1 is 1.52 bits per heavy atom. The van der Waals surface area contributed by atoms with E-state index in [1.807, 2.05) is 24.3 Å². The van der Waals surface area contributed by atoms with Gasteiger partial charge in [-0.1, -0.05) is 28.1 Å². The molecule has 1 aromatic rings. The van der Waals surface area contributed by atoms with Crippen molar-refractivity contribution >= 4 is 27.8 Å². The number of nitrogens with zero attached hydrogens (tertiary/aromatic N) is 1. The molecular weight excluding hydrogens is 336 g/mol. The first-order chi connectivity index (χ1) is 10.0. The van der Waals surface area contributed by atoms with Crippen molar-refractivity contribution in [2.45, 2.75) is 31.8 Å². The zero-order valence-corrected chi connectivity index (χ0v) is 13.5. The molecule has 114 valence electrons. The summed E-state index contributed by atoms with van der Waals surface area (Å²) in [5.41, 5.74) is 6.77. The molecule has 5 nitrogen and oxygen atoms in total. The monoisotopic (exact) mass is 354 g/mol. The van der Waals surface area contributed by atoms with Crippen LogP contribution in [-0.4, -0.2) is 36.0 Å². The minimum absolute atomic E-state index is 0.0320. The summed E-state index contributed by atoms with van der Waals surface area (Å²) < 4.78 is 5.79. The van der Waals surface area contributed by atoms with E-state index in [0.717, 1.165) is 22.9 Å². The fourth-order valence-electron chi connectivity index (χ4n) is 2.60. The van der Waals surface area contributed by atoms with Gasteiger partial charge in [0.25, 0.3) is 5.91 Å². The van der Waals surface area contributed by atoms with Crippen LogP contribution in [0.3, 0.4) is 0 Å². The van der Waals surface area contributed by atoms with Gasteiger partial charge in [0.1, 0.15) is 0 Å². The molecule has 0 radical (unpaired) electrons. The highest BCUT2D eigenvalue weighted by Gasteiger charge is 2.35. The number of rotatable bonds is 4. The number of benzene rings is 1. The molecule has 0 aliphatic carbocycles. The first-order valence-electron chi connectivity index (χ1n) is 7.02. The van der Waals surface area contributed by atoms with E-state index in [4.69, 9.17) is 10.5 Å². The van der Waals surface area contributed by atoms with E-state index in [-0.39, 0.29) is 18.6 Å². The molecule has 1 aliphatic rings. The second-order valence-electron chi connectivity index (χ2n) is 4.97. The number of hydrogen-bond acceptors (Lipinski definition) is 4. The highest BCUT2D eigenvalue weighted by Crippen LogP contribution is 2.33. The number of carbonyl (C=O) groups excluding carboxylic acids is 2. The molecule has 1 amide bonds. The van der Waals surface area contributed by atoms with Gasteiger partial charge in [0, 0.05) is 11.0 Å². The Bertz CT molecular complexity index is 535. The molecule has 2 atom stereocenters. The van der Waals surface area contributed by atoms with Crippen LogP contribution in [-0.2, 0) is 14.3 Å². The highest BCUT2D eigenvalue weighted by atomic mass is 79.9. The average molecular weight is 355 g/mol. The van der Waals surface area contributed by atoms with Crippen molar-refractivity contribution in [3.05, 3.63) is 34.3 Å². The Hall–Kier alpha value is -1.40. The highest BCUT2D eigenvalue weighted by molar-refractivity contribution is 9.10. The largest absolute Gasteiger partial charge is 0.464 e. The molecule has 0 bridgehead atoms.